The van der Waals surface area contributed by atoms with Crippen LogP contribution in [0.2, 0.25) is 0 Å². The number of likely N-dealkylation sites (N-methyl/N-ethyl adjacent to an activating group) is 1. The second-order valence-corrected chi connectivity index (χ2v) is 6.85. The van der Waals surface area contributed by atoms with Crippen LogP contribution >= 0.6 is 22.6 Å². The number of hydrogen-bond donors (Lipinski definition) is 1. The minimum atomic E-state index is -3.88. The average Bonchev–Trinajstić information content (AvgIpc) is 2.36. The number of nitrogens with zero attached hydrogens (tertiary/aromatic N) is 1. The summed E-state index contributed by atoms with van der Waals surface area (Å²) >= 11 is 1.87. The number of aliphatic hydroxyl groups is 1. The molecule has 19 heavy (non-hydrogen) atoms. The van der Waals surface area contributed by atoms with Gasteiger partial charge in [-0.3, -0.25) is 4.31 Å². The predicted octanol–water partition coefficient (Wildman–Crippen LogP) is 1.32. The molecule has 6 nitrogen and oxygen atoms in total. The van der Waals surface area contributed by atoms with Gasteiger partial charge in [0.15, 0.2) is 11.5 Å². The van der Waals surface area contributed by atoms with Crippen molar-refractivity contribution >= 4 is 44.3 Å². The van der Waals surface area contributed by atoms with Crippen LogP contribution in [0.3, 0.4) is 0 Å². The third kappa shape index (κ3) is 1.98. The van der Waals surface area contributed by atoms with E-state index < -0.39 is 27.4 Å². The van der Waals surface area contributed by atoms with E-state index in [1.54, 1.807) is 12.1 Å². The van der Waals surface area contributed by atoms with Crippen molar-refractivity contribution in [3.05, 3.63) is 33.0 Å². The highest BCUT2D eigenvalue weighted by Gasteiger charge is 2.39. The Morgan fingerprint density at radius 3 is 2.63 bits per heavy atom. The van der Waals surface area contributed by atoms with E-state index in [-0.39, 0.29) is 10.5 Å². The van der Waals surface area contributed by atoms with Crippen LogP contribution in [0.4, 0.5) is 0 Å². The molecule has 0 spiro atoms. The Bertz CT molecular complexity index is 695. The first-order valence-electron chi connectivity index (χ1n) is 5.11. The van der Waals surface area contributed by atoms with Crippen LogP contribution in [-0.2, 0) is 19.6 Å². The van der Waals surface area contributed by atoms with E-state index in [1.165, 1.54) is 13.1 Å². The van der Waals surface area contributed by atoms with Crippen molar-refractivity contribution in [1.29, 1.82) is 0 Å². The van der Waals surface area contributed by atoms with Gasteiger partial charge in [-0.15, -0.1) is 0 Å². The Morgan fingerprint density at radius 1 is 1.42 bits per heavy atom. The lowest BCUT2D eigenvalue weighted by Crippen LogP contribution is -2.36. The van der Waals surface area contributed by atoms with Crippen LogP contribution in [0.5, 0.6) is 0 Å². The number of benzene rings is 1. The van der Waals surface area contributed by atoms with Crippen LogP contribution in [0.25, 0.3) is 5.76 Å². The maximum absolute atomic E-state index is 12.4. The minimum Gasteiger partial charge on any atom is -0.505 e. The number of halogens is 1. The number of aliphatic hydroxyl groups excluding tert-OH is 1. The van der Waals surface area contributed by atoms with Crippen LogP contribution in [0.1, 0.15) is 5.56 Å². The molecule has 0 aromatic heterocycles. The topological polar surface area (TPSA) is 83.9 Å². The van der Waals surface area contributed by atoms with Gasteiger partial charge in [0.1, 0.15) is 4.90 Å². The maximum atomic E-state index is 12.4. The number of ether oxygens (including phenoxy) is 1. The molecule has 0 bridgehead atoms. The van der Waals surface area contributed by atoms with E-state index in [9.17, 15) is 18.3 Å². The van der Waals surface area contributed by atoms with Crippen molar-refractivity contribution in [2.24, 2.45) is 0 Å². The number of esters is 1. The molecule has 0 aliphatic carbocycles. The highest BCUT2D eigenvalue weighted by Crippen LogP contribution is 2.37. The van der Waals surface area contributed by atoms with Crippen molar-refractivity contribution in [1.82, 2.24) is 4.31 Å². The van der Waals surface area contributed by atoms with Gasteiger partial charge >= 0.3 is 5.97 Å². The van der Waals surface area contributed by atoms with Gasteiger partial charge in [-0.05, 0) is 34.7 Å². The Hall–Kier alpha value is -1.29. The smallest absolute Gasteiger partial charge is 0.359 e. The molecule has 0 saturated heterocycles. The van der Waals surface area contributed by atoms with Gasteiger partial charge in [0.25, 0.3) is 10.0 Å². The first-order valence-corrected chi connectivity index (χ1v) is 7.63. The molecule has 1 aliphatic heterocycles. The summed E-state index contributed by atoms with van der Waals surface area (Å²) < 4.78 is 30.4. The Labute approximate surface area is 123 Å². The molecular formula is C11H10INO5S. The molecule has 102 valence electrons. The first kappa shape index (κ1) is 14.1. The highest BCUT2D eigenvalue weighted by molar-refractivity contribution is 14.1. The van der Waals surface area contributed by atoms with E-state index in [1.807, 2.05) is 22.6 Å². The van der Waals surface area contributed by atoms with Gasteiger partial charge in [0.05, 0.1) is 7.11 Å². The monoisotopic (exact) mass is 395 g/mol. The van der Waals surface area contributed by atoms with E-state index in [2.05, 4.69) is 4.74 Å². The minimum absolute atomic E-state index is 0.0109. The summed E-state index contributed by atoms with van der Waals surface area (Å²) in [5.74, 6) is -1.31. The lowest BCUT2D eigenvalue weighted by Gasteiger charge is -2.28. The van der Waals surface area contributed by atoms with Gasteiger partial charge in [-0.25, -0.2) is 13.2 Å². The number of methoxy groups -OCH3 is 1. The molecule has 0 unspecified atom stereocenters. The average molecular weight is 395 g/mol. The third-order valence-electron chi connectivity index (χ3n) is 2.76. The summed E-state index contributed by atoms with van der Waals surface area (Å²) in [4.78, 5) is 11.6. The molecular weight excluding hydrogens is 385 g/mol. The molecule has 2 rings (SSSR count). The number of fused-ring (bicyclic) bond motifs is 1. The molecule has 1 aromatic carbocycles. The SMILES string of the molecule is COC(=O)C1=C(O)c2cccc(I)c2S(=O)(=O)N1C. The lowest BCUT2D eigenvalue weighted by molar-refractivity contribution is -0.137. The van der Waals surface area contributed by atoms with E-state index in [4.69, 9.17) is 0 Å². The zero-order valence-corrected chi connectivity index (χ0v) is 13.0. The fourth-order valence-corrected chi connectivity index (χ4v) is 4.58. The molecule has 0 radical (unpaired) electrons. The molecule has 0 fully saturated rings. The van der Waals surface area contributed by atoms with Crippen molar-refractivity contribution in [3.8, 4) is 0 Å². The van der Waals surface area contributed by atoms with Crippen molar-refractivity contribution < 1.29 is 23.1 Å². The van der Waals surface area contributed by atoms with Crippen molar-refractivity contribution in [2.45, 2.75) is 4.90 Å². The lowest BCUT2D eigenvalue weighted by atomic mass is 10.1. The predicted molar refractivity (Wildman–Crippen MR) is 75.7 cm³/mol. The summed E-state index contributed by atoms with van der Waals surface area (Å²) in [7, 11) is -1.56. The number of hydrogen-bond acceptors (Lipinski definition) is 5. The third-order valence-corrected chi connectivity index (χ3v) is 5.88. The van der Waals surface area contributed by atoms with Crippen molar-refractivity contribution in [2.75, 3.05) is 14.2 Å². The summed E-state index contributed by atoms with van der Waals surface area (Å²) in [6.45, 7) is 0. The summed E-state index contributed by atoms with van der Waals surface area (Å²) in [6.07, 6.45) is 0. The number of carbonyl (C=O) groups excluding carboxylic acids is 1. The van der Waals surface area contributed by atoms with Gasteiger partial charge in [-0.1, -0.05) is 6.07 Å². The van der Waals surface area contributed by atoms with Crippen molar-refractivity contribution in [3.63, 3.8) is 0 Å². The Balaban J connectivity index is 2.88. The normalized spacial score (nSPS) is 17.1. The van der Waals surface area contributed by atoms with Gasteiger partial charge < -0.3 is 9.84 Å². The van der Waals surface area contributed by atoms with E-state index in [0.717, 1.165) is 11.4 Å². The van der Waals surface area contributed by atoms with Gasteiger partial charge in [0, 0.05) is 16.2 Å². The van der Waals surface area contributed by atoms with Crippen LogP contribution in [0, 0.1) is 3.57 Å². The zero-order chi connectivity index (χ0) is 14.4. The fraction of sp³-hybridized carbons (Fsp3) is 0.182. The fourth-order valence-electron chi connectivity index (χ4n) is 1.81. The number of carbonyl (C=O) groups is 1. The molecule has 0 atom stereocenters. The maximum Gasteiger partial charge on any atom is 0.359 e. The van der Waals surface area contributed by atoms with Crippen LogP contribution in [-0.4, -0.2) is 38.0 Å². The number of rotatable bonds is 1. The highest BCUT2D eigenvalue weighted by atomic mass is 127. The van der Waals surface area contributed by atoms with E-state index in [0.29, 0.717) is 3.57 Å². The quantitative estimate of drug-likeness (QED) is 0.573. The van der Waals surface area contributed by atoms with E-state index >= 15 is 0 Å². The van der Waals surface area contributed by atoms with Gasteiger partial charge in [-0.2, -0.15) is 0 Å². The van der Waals surface area contributed by atoms with Crippen LogP contribution < -0.4 is 0 Å². The molecule has 1 aromatic rings. The molecule has 8 heteroatoms. The first-order chi connectivity index (χ1) is 8.82. The molecule has 1 aliphatic rings. The van der Waals surface area contributed by atoms with Crippen LogP contribution in [0.15, 0.2) is 28.8 Å². The Kier molecular flexibility index (Phi) is 3.47. The molecule has 0 amide bonds. The molecule has 1 heterocycles. The molecule has 0 saturated carbocycles. The summed E-state index contributed by atoms with van der Waals surface area (Å²) in [5.41, 5.74) is -0.289. The largest absolute Gasteiger partial charge is 0.505 e. The second kappa shape index (κ2) is 4.67. The molecule has 1 N–H and O–H groups in total. The second-order valence-electron chi connectivity index (χ2n) is 3.78. The standard InChI is InChI=1S/C11H10INO5S/c1-13-8(11(15)18-2)9(14)6-4-3-5-7(12)10(6)19(13,16)17/h3-5,14H,1-2H3. The zero-order valence-electron chi connectivity index (χ0n) is 10.0. The summed E-state index contributed by atoms with van der Waals surface area (Å²) in [6, 6.07) is 4.66. The van der Waals surface area contributed by atoms with Gasteiger partial charge in [0.2, 0.25) is 0 Å². The Morgan fingerprint density at radius 2 is 2.05 bits per heavy atom. The summed E-state index contributed by atoms with van der Waals surface area (Å²) in [5, 5.41) is 10.1. The number of sulfonamides is 1.